The smallest absolute Gasteiger partial charge is 0.254 e. The summed E-state index contributed by atoms with van der Waals surface area (Å²) in [5.74, 6) is 0.102. The number of hydrogen-bond donors (Lipinski definition) is 1. The summed E-state index contributed by atoms with van der Waals surface area (Å²) in [4.78, 5) is 19.3. The van der Waals surface area contributed by atoms with E-state index in [1.54, 1.807) is 0 Å². The number of aromatic nitrogens is 1. The topological polar surface area (TPSA) is 36.1 Å². The third-order valence-electron chi connectivity index (χ3n) is 6.18. The number of amides is 1. The van der Waals surface area contributed by atoms with Crippen LogP contribution in [-0.2, 0) is 6.42 Å². The van der Waals surface area contributed by atoms with E-state index >= 15 is 0 Å². The van der Waals surface area contributed by atoms with Crippen molar-refractivity contribution in [1.82, 2.24) is 9.88 Å². The van der Waals surface area contributed by atoms with Crippen LogP contribution in [0.3, 0.4) is 0 Å². The maximum absolute atomic E-state index is 13.6. The number of aromatic amines is 1. The van der Waals surface area contributed by atoms with Gasteiger partial charge in [-0.1, -0.05) is 59.7 Å². The Morgan fingerprint density at radius 1 is 1.00 bits per heavy atom. The molecule has 2 heterocycles. The van der Waals surface area contributed by atoms with Gasteiger partial charge in [0.1, 0.15) is 0 Å². The van der Waals surface area contributed by atoms with Gasteiger partial charge in [-0.3, -0.25) is 4.79 Å². The van der Waals surface area contributed by atoms with Crippen molar-refractivity contribution in [1.29, 1.82) is 0 Å². The molecule has 3 aromatic rings. The van der Waals surface area contributed by atoms with Crippen LogP contribution in [-0.4, -0.2) is 22.3 Å². The quantitative estimate of drug-likeness (QED) is 0.720. The maximum atomic E-state index is 13.6. The number of rotatable bonds is 2. The Labute approximate surface area is 171 Å². The molecule has 29 heavy (non-hydrogen) atoms. The Bertz CT molecular complexity index is 1200. The molecule has 1 amide bonds. The molecule has 3 nitrogen and oxygen atoms in total. The van der Waals surface area contributed by atoms with Gasteiger partial charge in [-0.05, 0) is 61.6 Å². The van der Waals surface area contributed by atoms with Gasteiger partial charge in [0.15, 0.2) is 0 Å². The second-order valence-electron chi connectivity index (χ2n) is 8.26. The standard InChI is InChI=1S/C26H26N2O/c1-17-10-12-19(13-11-17)25-24-22(21-8-3-4-9-23(21)27-24)14-15-28(25)26(29)20-7-5-6-18(2)16-20/h5-13,16,25,27H,3-4,14-15H2,1-2H3. The van der Waals surface area contributed by atoms with E-state index in [4.69, 9.17) is 0 Å². The number of benzene rings is 2. The summed E-state index contributed by atoms with van der Waals surface area (Å²) in [7, 11) is 0. The number of aryl methyl sites for hydroxylation is 2. The molecule has 1 atom stereocenters. The molecule has 5 rings (SSSR count). The van der Waals surface area contributed by atoms with Crippen LogP contribution in [0.4, 0.5) is 0 Å². The van der Waals surface area contributed by atoms with Gasteiger partial charge in [0, 0.05) is 23.2 Å². The van der Waals surface area contributed by atoms with Crippen molar-refractivity contribution in [3.05, 3.63) is 92.6 Å². The molecular weight excluding hydrogens is 356 g/mol. The molecule has 2 aromatic carbocycles. The average molecular weight is 383 g/mol. The Hall–Kier alpha value is -3.07. The molecule has 2 aliphatic rings. The predicted molar refractivity (Wildman–Crippen MR) is 117 cm³/mol. The third kappa shape index (κ3) is 3.11. The molecule has 1 aromatic heterocycles. The number of nitrogens with one attached hydrogen (secondary N) is 1. The SMILES string of the molecule is Cc1ccc(C2c3[nH]c4c(c3CCN2C(=O)c2cccc(C)c2)=CCCC=4)cc1. The Morgan fingerprint density at radius 2 is 1.79 bits per heavy atom. The summed E-state index contributed by atoms with van der Waals surface area (Å²) in [5.41, 5.74) is 6.83. The van der Waals surface area contributed by atoms with E-state index < -0.39 is 0 Å². The predicted octanol–water partition coefficient (Wildman–Crippen LogP) is 3.77. The molecule has 1 N–H and O–H groups in total. The monoisotopic (exact) mass is 382 g/mol. The summed E-state index contributed by atoms with van der Waals surface area (Å²) in [5, 5.41) is 2.58. The molecule has 0 radical (unpaired) electrons. The largest absolute Gasteiger partial charge is 0.356 e. The number of carbonyl (C=O) groups is 1. The van der Waals surface area contributed by atoms with Crippen LogP contribution in [0.2, 0.25) is 0 Å². The van der Waals surface area contributed by atoms with E-state index in [9.17, 15) is 4.79 Å². The number of H-pyrrole nitrogens is 1. The Kier molecular flexibility index (Phi) is 4.39. The zero-order valence-corrected chi connectivity index (χ0v) is 17.0. The van der Waals surface area contributed by atoms with E-state index in [2.05, 4.69) is 48.3 Å². The fraction of sp³-hybridized carbons (Fsp3) is 0.269. The first-order chi connectivity index (χ1) is 14.1. The normalized spacial score (nSPS) is 17.7. The van der Waals surface area contributed by atoms with E-state index in [1.165, 1.54) is 27.4 Å². The lowest BCUT2D eigenvalue weighted by molar-refractivity contribution is 0.0691. The number of nitrogens with zero attached hydrogens (tertiary/aromatic N) is 1. The molecule has 0 saturated heterocycles. The van der Waals surface area contributed by atoms with Crippen LogP contribution in [0.15, 0.2) is 48.5 Å². The van der Waals surface area contributed by atoms with Crippen LogP contribution in [0.5, 0.6) is 0 Å². The number of carbonyl (C=O) groups excluding carboxylic acids is 1. The van der Waals surface area contributed by atoms with Gasteiger partial charge in [-0.25, -0.2) is 0 Å². The van der Waals surface area contributed by atoms with E-state index in [0.717, 1.165) is 42.5 Å². The third-order valence-corrected chi connectivity index (χ3v) is 6.18. The molecular formula is C26H26N2O. The first-order valence-electron chi connectivity index (χ1n) is 10.5. The van der Waals surface area contributed by atoms with Crippen molar-refractivity contribution in [2.45, 2.75) is 39.2 Å². The molecule has 146 valence electrons. The van der Waals surface area contributed by atoms with Crippen molar-refractivity contribution in [2.75, 3.05) is 6.54 Å². The van der Waals surface area contributed by atoms with Gasteiger partial charge in [0.2, 0.25) is 0 Å². The minimum Gasteiger partial charge on any atom is -0.356 e. The summed E-state index contributed by atoms with van der Waals surface area (Å²) in [6.45, 7) is 4.87. The van der Waals surface area contributed by atoms with Gasteiger partial charge in [-0.2, -0.15) is 0 Å². The molecule has 0 bridgehead atoms. The average Bonchev–Trinajstić information content (AvgIpc) is 3.12. The highest BCUT2D eigenvalue weighted by Crippen LogP contribution is 2.34. The van der Waals surface area contributed by atoms with Gasteiger partial charge < -0.3 is 9.88 Å². The Morgan fingerprint density at radius 3 is 2.59 bits per heavy atom. The van der Waals surface area contributed by atoms with Crippen LogP contribution < -0.4 is 10.6 Å². The molecule has 3 heteroatoms. The van der Waals surface area contributed by atoms with E-state index in [-0.39, 0.29) is 11.9 Å². The molecule has 1 aliphatic carbocycles. The lowest BCUT2D eigenvalue weighted by Gasteiger charge is -2.36. The van der Waals surface area contributed by atoms with Crippen molar-refractivity contribution in [3.63, 3.8) is 0 Å². The van der Waals surface area contributed by atoms with Crippen molar-refractivity contribution in [3.8, 4) is 0 Å². The summed E-state index contributed by atoms with van der Waals surface area (Å²) in [6.07, 6.45) is 7.72. The molecule has 0 saturated carbocycles. The fourth-order valence-corrected chi connectivity index (χ4v) is 4.72. The van der Waals surface area contributed by atoms with Crippen molar-refractivity contribution < 1.29 is 4.79 Å². The van der Waals surface area contributed by atoms with Crippen molar-refractivity contribution in [2.24, 2.45) is 0 Å². The minimum atomic E-state index is -0.0836. The molecule has 1 unspecified atom stereocenters. The fourth-order valence-electron chi connectivity index (χ4n) is 4.72. The highest BCUT2D eigenvalue weighted by molar-refractivity contribution is 5.95. The van der Waals surface area contributed by atoms with Gasteiger partial charge in [0.25, 0.3) is 5.91 Å². The van der Waals surface area contributed by atoms with E-state index in [1.807, 2.05) is 36.1 Å². The van der Waals surface area contributed by atoms with Crippen LogP contribution in [0, 0.1) is 13.8 Å². The highest BCUT2D eigenvalue weighted by Gasteiger charge is 2.34. The first kappa shape index (κ1) is 18.0. The first-order valence-corrected chi connectivity index (χ1v) is 10.5. The van der Waals surface area contributed by atoms with Crippen LogP contribution in [0.1, 0.15) is 57.2 Å². The zero-order valence-electron chi connectivity index (χ0n) is 17.0. The lowest BCUT2D eigenvalue weighted by Crippen LogP contribution is -2.41. The highest BCUT2D eigenvalue weighted by atomic mass is 16.2. The lowest BCUT2D eigenvalue weighted by atomic mass is 9.91. The Balaban J connectivity index is 1.66. The van der Waals surface area contributed by atoms with Crippen LogP contribution in [0.25, 0.3) is 12.2 Å². The van der Waals surface area contributed by atoms with Gasteiger partial charge in [-0.15, -0.1) is 0 Å². The summed E-state index contributed by atoms with van der Waals surface area (Å²) >= 11 is 0. The molecule has 0 spiro atoms. The summed E-state index contributed by atoms with van der Waals surface area (Å²) in [6, 6.07) is 16.4. The summed E-state index contributed by atoms with van der Waals surface area (Å²) < 4.78 is 0. The van der Waals surface area contributed by atoms with Crippen LogP contribution >= 0.6 is 0 Å². The number of hydrogen-bond acceptors (Lipinski definition) is 1. The van der Waals surface area contributed by atoms with E-state index in [0.29, 0.717) is 0 Å². The zero-order chi connectivity index (χ0) is 20.0. The molecule has 1 aliphatic heterocycles. The number of fused-ring (bicyclic) bond motifs is 3. The minimum absolute atomic E-state index is 0.0836. The molecule has 0 fully saturated rings. The van der Waals surface area contributed by atoms with Crippen molar-refractivity contribution >= 4 is 18.1 Å². The second kappa shape index (κ2) is 7.07. The van der Waals surface area contributed by atoms with Gasteiger partial charge in [0.05, 0.1) is 6.04 Å². The van der Waals surface area contributed by atoms with Gasteiger partial charge >= 0.3 is 0 Å². The maximum Gasteiger partial charge on any atom is 0.254 e. The second-order valence-corrected chi connectivity index (χ2v) is 8.26.